The van der Waals surface area contributed by atoms with E-state index in [1.807, 2.05) is 19.9 Å². The number of aryl methyl sites for hydroxylation is 2. The van der Waals surface area contributed by atoms with E-state index in [-0.39, 0.29) is 18.4 Å². The summed E-state index contributed by atoms with van der Waals surface area (Å²) < 4.78 is 3.32. The molecule has 2 amide bonds. The third kappa shape index (κ3) is 4.64. The number of nitrogens with one attached hydrogen (secondary N) is 2. The third-order valence-corrected chi connectivity index (χ3v) is 4.48. The quantitative estimate of drug-likeness (QED) is 0.495. The fourth-order valence-electron chi connectivity index (χ4n) is 3.01. The lowest BCUT2D eigenvalue weighted by Gasteiger charge is -2.08. The number of rotatable bonds is 6. The number of carbonyl (C=O) groups is 2. The van der Waals surface area contributed by atoms with Crippen molar-refractivity contribution in [1.82, 2.24) is 34.8 Å². The summed E-state index contributed by atoms with van der Waals surface area (Å²) >= 11 is 0. The molecule has 0 atom stereocenters. The molecule has 0 saturated heterocycles. The molecule has 3 aromatic heterocycles. The first kappa shape index (κ1) is 20.0. The molecule has 0 aliphatic carbocycles. The van der Waals surface area contributed by atoms with Crippen LogP contribution in [0.15, 0.2) is 61.3 Å². The Morgan fingerprint density at radius 1 is 1.06 bits per heavy atom. The van der Waals surface area contributed by atoms with Gasteiger partial charge < -0.3 is 10.6 Å². The number of pyridine rings is 1. The molecule has 0 saturated carbocycles. The molecule has 4 rings (SSSR count). The number of benzene rings is 1. The SMILES string of the molecule is Cc1cc(C)n(-c2ccc(C(=O)NCC(=O)Nc3ccc(-n4cncn4)cc3)cn2)n1. The summed E-state index contributed by atoms with van der Waals surface area (Å²) in [4.78, 5) is 32.7. The van der Waals surface area contributed by atoms with Crippen LogP contribution in [0.25, 0.3) is 11.5 Å². The molecular formula is C21H20N8O2. The second kappa shape index (κ2) is 8.57. The van der Waals surface area contributed by atoms with Crippen molar-refractivity contribution >= 4 is 17.5 Å². The monoisotopic (exact) mass is 416 g/mol. The van der Waals surface area contributed by atoms with Gasteiger partial charge in [-0.1, -0.05) is 0 Å². The van der Waals surface area contributed by atoms with Crippen LogP contribution in [-0.2, 0) is 4.79 Å². The molecule has 0 unspecified atom stereocenters. The molecule has 156 valence electrons. The van der Waals surface area contributed by atoms with Crippen LogP contribution in [0, 0.1) is 13.8 Å². The molecular weight excluding hydrogens is 396 g/mol. The molecule has 1 aromatic carbocycles. The summed E-state index contributed by atoms with van der Waals surface area (Å²) in [5, 5.41) is 13.7. The van der Waals surface area contributed by atoms with E-state index in [9.17, 15) is 9.59 Å². The molecule has 0 aliphatic rings. The first-order valence-electron chi connectivity index (χ1n) is 9.52. The van der Waals surface area contributed by atoms with E-state index in [0.29, 0.717) is 17.1 Å². The highest BCUT2D eigenvalue weighted by Crippen LogP contribution is 2.12. The van der Waals surface area contributed by atoms with Gasteiger partial charge >= 0.3 is 0 Å². The Morgan fingerprint density at radius 3 is 2.48 bits per heavy atom. The molecule has 0 spiro atoms. The largest absolute Gasteiger partial charge is 0.343 e. The lowest BCUT2D eigenvalue weighted by Crippen LogP contribution is -2.32. The van der Waals surface area contributed by atoms with Gasteiger partial charge in [-0.05, 0) is 56.3 Å². The van der Waals surface area contributed by atoms with Crippen molar-refractivity contribution in [3.8, 4) is 11.5 Å². The first-order chi connectivity index (χ1) is 15.0. The predicted octanol–water partition coefficient (Wildman–Crippen LogP) is 1.83. The zero-order chi connectivity index (χ0) is 21.8. The maximum absolute atomic E-state index is 12.3. The standard InChI is InChI=1S/C21H20N8O2/c1-14-9-15(2)29(27-14)19-8-3-16(10-23-19)21(31)24-11-20(30)26-17-4-6-18(7-5-17)28-13-22-12-25-28/h3-10,12-13H,11H2,1-2H3,(H,24,31)(H,26,30). The minimum Gasteiger partial charge on any atom is -0.343 e. The average Bonchev–Trinajstić information content (AvgIpc) is 3.42. The second-order valence-electron chi connectivity index (χ2n) is 6.86. The number of carbonyl (C=O) groups excluding carboxylic acids is 2. The number of aromatic nitrogens is 6. The van der Waals surface area contributed by atoms with E-state index >= 15 is 0 Å². The van der Waals surface area contributed by atoms with E-state index < -0.39 is 0 Å². The summed E-state index contributed by atoms with van der Waals surface area (Å²) in [6, 6.07) is 12.4. The van der Waals surface area contributed by atoms with Crippen LogP contribution in [0.1, 0.15) is 21.7 Å². The van der Waals surface area contributed by atoms with Crippen molar-refractivity contribution in [1.29, 1.82) is 0 Å². The number of hydrogen-bond donors (Lipinski definition) is 2. The van der Waals surface area contributed by atoms with Gasteiger partial charge in [-0.2, -0.15) is 10.2 Å². The molecule has 2 N–H and O–H groups in total. The Bertz CT molecular complexity index is 1200. The molecule has 0 aliphatic heterocycles. The minimum absolute atomic E-state index is 0.164. The van der Waals surface area contributed by atoms with Gasteiger partial charge in [-0.3, -0.25) is 9.59 Å². The zero-order valence-corrected chi connectivity index (χ0v) is 17.0. The molecule has 0 bridgehead atoms. The van der Waals surface area contributed by atoms with Crippen molar-refractivity contribution in [2.75, 3.05) is 11.9 Å². The average molecular weight is 416 g/mol. The molecule has 10 heteroatoms. The van der Waals surface area contributed by atoms with Gasteiger partial charge in [0, 0.05) is 17.6 Å². The van der Waals surface area contributed by atoms with Crippen molar-refractivity contribution in [3.05, 3.63) is 78.3 Å². The van der Waals surface area contributed by atoms with Crippen LogP contribution in [0.5, 0.6) is 0 Å². The van der Waals surface area contributed by atoms with Gasteiger partial charge in [0.15, 0.2) is 5.82 Å². The summed E-state index contributed by atoms with van der Waals surface area (Å²) in [5.41, 5.74) is 3.63. The first-order valence-corrected chi connectivity index (χ1v) is 9.52. The molecule has 0 radical (unpaired) electrons. The topological polar surface area (TPSA) is 120 Å². The van der Waals surface area contributed by atoms with Crippen LogP contribution in [0.3, 0.4) is 0 Å². The van der Waals surface area contributed by atoms with Crippen molar-refractivity contribution in [2.24, 2.45) is 0 Å². The van der Waals surface area contributed by atoms with Crippen LogP contribution in [0.2, 0.25) is 0 Å². The van der Waals surface area contributed by atoms with Crippen molar-refractivity contribution in [2.45, 2.75) is 13.8 Å². The van der Waals surface area contributed by atoms with Gasteiger partial charge in [-0.15, -0.1) is 0 Å². The van der Waals surface area contributed by atoms with E-state index in [0.717, 1.165) is 17.1 Å². The van der Waals surface area contributed by atoms with Gasteiger partial charge in [0.25, 0.3) is 5.91 Å². The van der Waals surface area contributed by atoms with E-state index in [1.54, 1.807) is 52.1 Å². The Hall–Kier alpha value is -4.34. The molecule has 3 heterocycles. The van der Waals surface area contributed by atoms with Crippen molar-refractivity contribution < 1.29 is 9.59 Å². The van der Waals surface area contributed by atoms with Crippen LogP contribution < -0.4 is 10.6 Å². The Kier molecular flexibility index (Phi) is 5.52. The Morgan fingerprint density at radius 2 is 1.87 bits per heavy atom. The highest BCUT2D eigenvalue weighted by Gasteiger charge is 2.11. The Labute approximate surface area is 178 Å². The highest BCUT2D eigenvalue weighted by molar-refractivity contribution is 5.99. The van der Waals surface area contributed by atoms with Crippen LogP contribution in [0.4, 0.5) is 5.69 Å². The maximum atomic E-state index is 12.3. The minimum atomic E-state index is -0.385. The fourth-order valence-corrected chi connectivity index (χ4v) is 3.01. The summed E-state index contributed by atoms with van der Waals surface area (Å²) in [7, 11) is 0. The van der Waals surface area contributed by atoms with E-state index in [1.165, 1.54) is 12.5 Å². The predicted molar refractivity (Wildman–Crippen MR) is 113 cm³/mol. The van der Waals surface area contributed by atoms with Gasteiger partial charge in [0.2, 0.25) is 5.91 Å². The Balaban J connectivity index is 1.31. The van der Waals surface area contributed by atoms with Gasteiger partial charge in [0.05, 0.1) is 23.5 Å². The third-order valence-electron chi connectivity index (χ3n) is 4.48. The lowest BCUT2D eigenvalue weighted by molar-refractivity contribution is -0.115. The van der Waals surface area contributed by atoms with Crippen LogP contribution in [-0.4, -0.2) is 47.9 Å². The number of anilines is 1. The number of hydrogen-bond acceptors (Lipinski definition) is 6. The van der Waals surface area contributed by atoms with Crippen molar-refractivity contribution in [3.63, 3.8) is 0 Å². The summed E-state index contributed by atoms with van der Waals surface area (Å²) in [6.07, 6.45) is 4.49. The molecule has 31 heavy (non-hydrogen) atoms. The molecule has 4 aromatic rings. The smallest absolute Gasteiger partial charge is 0.253 e. The van der Waals surface area contributed by atoms with E-state index in [4.69, 9.17) is 0 Å². The zero-order valence-electron chi connectivity index (χ0n) is 17.0. The number of nitrogens with zero attached hydrogens (tertiary/aromatic N) is 6. The summed E-state index contributed by atoms with van der Waals surface area (Å²) in [6.45, 7) is 3.67. The maximum Gasteiger partial charge on any atom is 0.253 e. The second-order valence-corrected chi connectivity index (χ2v) is 6.86. The normalized spacial score (nSPS) is 10.6. The lowest BCUT2D eigenvalue weighted by atomic mass is 10.2. The molecule has 0 fully saturated rings. The summed E-state index contributed by atoms with van der Waals surface area (Å²) in [5.74, 6) is -0.104. The van der Waals surface area contributed by atoms with Gasteiger partial charge in [-0.25, -0.2) is 19.3 Å². The fraction of sp³-hybridized carbons (Fsp3) is 0.143. The van der Waals surface area contributed by atoms with E-state index in [2.05, 4.69) is 30.8 Å². The van der Waals surface area contributed by atoms with Gasteiger partial charge in [0.1, 0.15) is 12.7 Å². The van der Waals surface area contributed by atoms with Crippen LogP contribution >= 0.6 is 0 Å². The highest BCUT2D eigenvalue weighted by atomic mass is 16.2. The number of amides is 2. The molecule has 10 nitrogen and oxygen atoms in total.